The zero-order valence-corrected chi connectivity index (χ0v) is 9.54. The van der Waals surface area contributed by atoms with Gasteiger partial charge >= 0.3 is 5.97 Å². The average Bonchev–Trinajstić information content (AvgIpc) is 2.28. The van der Waals surface area contributed by atoms with Crippen molar-refractivity contribution in [1.29, 1.82) is 5.26 Å². The van der Waals surface area contributed by atoms with Crippen molar-refractivity contribution in [2.24, 2.45) is 0 Å². The Hall–Kier alpha value is -1.54. The number of nitrogens with zero attached hydrogens (tertiary/aromatic N) is 1. The van der Waals surface area contributed by atoms with Crippen molar-refractivity contribution in [1.82, 2.24) is 0 Å². The molecule has 1 rings (SSSR count). The predicted molar refractivity (Wildman–Crippen MR) is 56.8 cm³/mol. The van der Waals surface area contributed by atoms with E-state index < -0.39 is 5.97 Å². The Morgan fingerprint density at radius 3 is 2.80 bits per heavy atom. The number of rotatable bonds is 2. The molecule has 0 fully saturated rings. The maximum Gasteiger partial charge on any atom is 0.341 e. The molecule has 4 nitrogen and oxygen atoms in total. The summed E-state index contributed by atoms with van der Waals surface area (Å²) in [7, 11) is 1.22. The second kappa shape index (κ2) is 4.80. The minimum absolute atomic E-state index is 0.00556. The highest BCUT2D eigenvalue weighted by Gasteiger charge is 2.16. The highest BCUT2D eigenvalue weighted by molar-refractivity contribution is 9.08. The molecule has 0 saturated carbocycles. The van der Waals surface area contributed by atoms with Crippen molar-refractivity contribution < 1.29 is 14.6 Å². The van der Waals surface area contributed by atoms with E-state index in [2.05, 4.69) is 20.7 Å². The van der Waals surface area contributed by atoms with Gasteiger partial charge in [0.2, 0.25) is 0 Å². The Balaban J connectivity index is 3.38. The van der Waals surface area contributed by atoms with Gasteiger partial charge in [-0.1, -0.05) is 15.9 Å². The van der Waals surface area contributed by atoms with E-state index in [1.54, 1.807) is 0 Å². The highest BCUT2D eigenvalue weighted by atomic mass is 79.9. The molecule has 0 amide bonds. The van der Waals surface area contributed by atoms with Crippen LogP contribution in [0, 0.1) is 11.3 Å². The summed E-state index contributed by atoms with van der Waals surface area (Å²) in [6.45, 7) is 0. The molecule has 0 aliphatic carbocycles. The second-order valence-corrected chi connectivity index (χ2v) is 3.34. The molecule has 15 heavy (non-hydrogen) atoms. The lowest BCUT2D eigenvalue weighted by Gasteiger charge is -2.06. The first kappa shape index (κ1) is 11.5. The molecule has 0 saturated heterocycles. The van der Waals surface area contributed by atoms with E-state index >= 15 is 0 Å². The van der Waals surface area contributed by atoms with Crippen molar-refractivity contribution in [3.05, 3.63) is 28.8 Å². The van der Waals surface area contributed by atoms with Crippen LogP contribution in [-0.4, -0.2) is 18.2 Å². The highest BCUT2D eigenvalue weighted by Crippen LogP contribution is 2.25. The number of ether oxygens (including phenoxy) is 1. The molecule has 1 N–H and O–H groups in total. The zero-order valence-electron chi connectivity index (χ0n) is 7.95. The van der Waals surface area contributed by atoms with Crippen LogP contribution < -0.4 is 0 Å². The molecule has 0 spiro atoms. The minimum Gasteiger partial charge on any atom is -0.506 e. The van der Waals surface area contributed by atoms with Gasteiger partial charge in [0.25, 0.3) is 0 Å². The van der Waals surface area contributed by atoms with E-state index in [4.69, 9.17) is 5.26 Å². The van der Waals surface area contributed by atoms with Gasteiger partial charge in [0, 0.05) is 5.33 Å². The van der Waals surface area contributed by atoms with Gasteiger partial charge in [-0.2, -0.15) is 5.26 Å². The first-order valence-corrected chi connectivity index (χ1v) is 5.16. The number of phenolic OH excluding ortho intramolecular Hbond substituents is 1. The summed E-state index contributed by atoms with van der Waals surface area (Å²) in [6.07, 6.45) is 0. The van der Waals surface area contributed by atoms with E-state index in [0.29, 0.717) is 5.33 Å². The number of carbonyl (C=O) groups is 1. The molecular formula is C10H8BrNO3. The number of benzene rings is 1. The molecule has 5 heteroatoms. The summed E-state index contributed by atoms with van der Waals surface area (Å²) < 4.78 is 4.49. The second-order valence-electron chi connectivity index (χ2n) is 2.78. The maximum absolute atomic E-state index is 11.3. The molecule has 0 radical (unpaired) electrons. The number of methoxy groups -OCH3 is 1. The average molecular weight is 270 g/mol. The third-order valence-corrected chi connectivity index (χ3v) is 2.50. The number of halogens is 1. The number of aromatic hydroxyl groups is 1. The van der Waals surface area contributed by atoms with Crippen LogP contribution in [-0.2, 0) is 10.1 Å². The van der Waals surface area contributed by atoms with Gasteiger partial charge in [-0.05, 0) is 17.7 Å². The Bertz CT molecular complexity index is 437. The van der Waals surface area contributed by atoms with Gasteiger partial charge in [-0.25, -0.2) is 4.79 Å². The quantitative estimate of drug-likeness (QED) is 0.658. The van der Waals surface area contributed by atoms with Gasteiger partial charge in [-0.3, -0.25) is 0 Å². The lowest BCUT2D eigenvalue weighted by atomic mass is 10.1. The third-order valence-electron chi connectivity index (χ3n) is 1.85. The standard InChI is InChI=1S/C10H8BrNO3/c1-15-10(14)8-3-6(4-11)2-7(5-12)9(8)13/h2-3,13H,4H2,1H3. The van der Waals surface area contributed by atoms with Crippen LogP contribution in [0.25, 0.3) is 0 Å². The van der Waals surface area contributed by atoms with E-state index in [1.165, 1.54) is 19.2 Å². The lowest BCUT2D eigenvalue weighted by Crippen LogP contribution is -2.03. The van der Waals surface area contributed by atoms with Crippen LogP contribution in [0.15, 0.2) is 12.1 Å². The van der Waals surface area contributed by atoms with Crippen LogP contribution in [0.5, 0.6) is 5.75 Å². The first-order chi connectivity index (χ1) is 7.13. The van der Waals surface area contributed by atoms with Crippen LogP contribution in [0.3, 0.4) is 0 Å². The van der Waals surface area contributed by atoms with Gasteiger partial charge in [-0.15, -0.1) is 0 Å². The van der Waals surface area contributed by atoms with E-state index in [-0.39, 0.29) is 16.9 Å². The van der Waals surface area contributed by atoms with Gasteiger partial charge in [0.15, 0.2) is 0 Å². The Morgan fingerprint density at radius 2 is 2.33 bits per heavy atom. The predicted octanol–water partition coefficient (Wildman–Crippen LogP) is 1.95. The fourth-order valence-electron chi connectivity index (χ4n) is 1.12. The molecule has 1 aromatic carbocycles. The zero-order chi connectivity index (χ0) is 11.4. The Labute approximate surface area is 95.2 Å². The number of phenols is 1. The van der Waals surface area contributed by atoms with Crippen LogP contribution in [0.2, 0.25) is 0 Å². The minimum atomic E-state index is -0.660. The van der Waals surface area contributed by atoms with Crippen LogP contribution in [0.4, 0.5) is 0 Å². The summed E-state index contributed by atoms with van der Waals surface area (Å²) in [5, 5.41) is 18.8. The van der Waals surface area contributed by atoms with E-state index in [1.807, 2.05) is 6.07 Å². The van der Waals surface area contributed by atoms with Crippen molar-refractivity contribution in [3.8, 4) is 11.8 Å². The number of alkyl halides is 1. The van der Waals surface area contributed by atoms with Gasteiger partial charge < -0.3 is 9.84 Å². The van der Waals surface area contributed by atoms with Gasteiger partial charge in [0.05, 0.1) is 12.7 Å². The number of carbonyl (C=O) groups excluding carboxylic acids is 1. The van der Waals surface area contributed by atoms with Crippen LogP contribution in [0.1, 0.15) is 21.5 Å². The first-order valence-electron chi connectivity index (χ1n) is 4.04. The van der Waals surface area contributed by atoms with Gasteiger partial charge in [0.1, 0.15) is 17.4 Å². The molecular weight excluding hydrogens is 262 g/mol. The molecule has 0 atom stereocenters. The largest absolute Gasteiger partial charge is 0.506 e. The molecule has 0 aliphatic rings. The van der Waals surface area contributed by atoms with Crippen LogP contribution >= 0.6 is 15.9 Å². The SMILES string of the molecule is COC(=O)c1cc(CBr)cc(C#N)c1O. The smallest absolute Gasteiger partial charge is 0.341 e. The van der Waals surface area contributed by atoms with Crippen molar-refractivity contribution in [3.63, 3.8) is 0 Å². The van der Waals surface area contributed by atoms with Crippen molar-refractivity contribution >= 4 is 21.9 Å². The summed E-state index contributed by atoms with van der Waals surface area (Å²) in [5.41, 5.74) is 0.795. The normalized spacial score (nSPS) is 9.40. The van der Waals surface area contributed by atoms with Crippen molar-refractivity contribution in [2.45, 2.75) is 5.33 Å². The van der Waals surface area contributed by atoms with E-state index in [0.717, 1.165) is 5.56 Å². The fourth-order valence-corrected chi connectivity index (χ4v) is 1.45. The summed E-state index contributed by atoms with van der Waals surface area (Å²) in [5.74, 6) is -0.999. The molecule has 0 bridgehead atoms. The van der Waals surface area contributed by atoms with Crippen molar-refractivity contribution in [2.75, 3.05) is 7.11 Å². The topological polar surface area (TPSA) is 70.3 Å². The van der Waals surface area contributed by atoms with E-state index in [9.17, 15) is 9.90 Å². The summed E-state index contributed by atoms with van der Waals surface area (Å²) in [4.78, 5) is 11.3. The number of hydrogen-bond donors (Lipinski definition) is 1. The molecule has 0 unspecified atom stereocenters. The maximum atomic E-state index is 11.3. The molecule has 0 heterocycles. The molecule has 0 aliphatic heterocycles. The molecule has 0 aromatic heterocycles. The fraction of sp³-hybridized carbons (Fsp3) is 0.200. The Kier molecular flexibility index (Phi) is 3.69. The third kappa shape index (κ3) is 2.28. The summed E-state index contributed by atoms with van der Waals surface area (Å²) >= 11 is 3.21. The lowest BCUT2D eigenvalue weighted by molar-refractivity contribution is 0.0597. The number of hydrogen-bond acceptors (Lipinski definition) is 4. The molecule has 78 valence electrons. The number of esters is 1. The Morgan fingerprint density at radius 1 is 1.67 bits per heavy atom. The summed E-state index contributed by atoms with van der Waals surface area (Å²) in [6, 6.07) is 4.80. The monoisotopic (exact) mass is 269 g/mol. The molecule has 1 aromatic rings. The number of nitriles is 1.